The van der Waals surface area contributed by atoms with Gasteiger partial charge in [0.1, 0.15) is 5.92 Å². The Kier molecular flexibility index (Phi) is 5.06. The summed E-state index contributed by atoms with van der Waals surface area (Å²) in [5.41, 5.74) is -0.412. The Balaban J connectivity index is 2.47. The van der Waals surface area contributed by atoms with Crippen LogP contribution < -0.4 is 0 Å². The smallest absolute Gasteiger partial charge is 0.416 e. The van der Waals surface area contributed by atoms with Gasteiger partial charge in [-0.3, -0.25) is 9.79 Å². The largest absolute Gasteiger partial charge is 0.468 e. The Morgan fingerprint density at radius 1 is 1.08 bits per heavy atom. The summed E-state index contributed by atoms with van der Waals surface area (Å²) < 4.78 is 47.5. The fraction of sp³-hybridized carbons (Fsp3) is 0.312. The maximum absolute atomic E-state index is 12.7. The Labute approximate surface area is 135 Å². The lowest BCUT2D eigenvalue weighted by atomic mass is 9.79. The molecule has 128 valence electrons. The average molecular weight is 341 g/mol. The lowest BCUT2D eigenvalue weighted by Gasteiger charge is -2.26. The summed E-state index contributed by atoms with van der Waals surface area (Å²) in [6.07, 6.45) is -1.95. The van der Waals surface area contributed by atoms with Gasteiger partial charge >= 0.3 is 18.1 Å². The predicted octanol–water partition coefficient (Wildman–Crippen LogP) is 2.72. The highest BCUT2D eigenvalue weighted by Crippen LogP contribution is 2.37. The lowest BCUT2D eigenvalue weighted by molar-refractivity contribution is -0.143. The fourth-order valence-corrected chi connectivity index (χ4v) is 2.47. The van der Waals surface area contributed by atoms with Crippen LogP contribution in [0.4, 0.5) is 13.2 Å². The Morgan fingerprint density at radius 3 is 2.21 bits per heavy atom. The summed E-state index contributed by atoms with van der Waals surface area (Å²) in [5, 5.41) is 0. The SMILES string of the molecule is COC(=O)C1=CN=CC(C(=O)OC)[C@@H]1c1ccc(C(F)(F)F)cc1. The number of aliphatic imine (C=N–C) groups is 1. The molecular weight excluding hydrogens is 327 g/mol. The lowest BCUT2D eigenvalue weighted by Crippen LogP contribution is -2.31. The van der Waals surface area contributed by atoms with E-state index >= 15 is 0 Å². The zero-order chi connectivity index (χ0) is 17.9. The van der Waals surface area contributed by atoms with Crippen molar-refractivity contribution in [3.63, 3.8) is 0 Å². The minimum Gasteiger partial charge on any atom is -0.468 e. The van der Waals surface area contributed by atoms with Crippen LogP contribution in [0.5, 0.6) is 0 Å². The average Bonchev–Trinajstić information content (AvgIpc) is 2.59. The van der Waals surface area contributed by atoms with Gasteiger partial charge in [-0.2, -0.15) is 13.2 Å². The molecule has 0 bridgehead atoms. The van der Waals surface area contributed by atoms with Crippen molar-refractivity contribution >= 4 is 18.2 Å². The van der Waals surface area contributed by atoms with Crippen molar-refractivity contribution < 1.29 is 32.2 Å². The molecule has 8 heteroatoms. The third kappa shape index (κ3) is 3.47. The Hall–Kier alpha value is -2.64. The van der Waals surface area contributed by atoms with Gasteiger partial charge in [0, 0.05) is 18.3 Å². The van der Waals surface area contributed by atoms with Crippen LogP contribution in [0.15, 0.2) is 41.0 Å². The number of hydrogen-bond donors (Lipinski definition) is 0. The van der Waals surface area contributed by atoms with E-state index in [1.54, 1.807) is 0 Å². The third-order valence-corrected chi connectivity index (χ3v) is 3.65. The summed E-state index contributed by atoms with van der Waals surface area (Å²) in [6.45, 7) is 0. The van der Waals surface area contributed by atoms with Crippen molar-refractivity contribution in [3.05, 3.63) is 47.2 Å². The maximum atomic E-state index is 12.7. The molecule has 5 nitrogen and oxygen atoms in total. The number of benzene rings is 1. The maximum Gasteiger partial charge on any atom is 0.416 e. The standard InChI is InChI=1S/C16H14F3NO4/c1-23-14(21)11-7-20-8-12(15(22)24-2)13(11)9-3-5-10(6-4-9)16(17,18)19/h3-8,11,13H,1-2H3/t11?,13-/m0/s1. The molecule has 0 spiro atoms. The number of alkyl halides is 3. The van der Waals surface area contributed by atoms with Crippen molar-refractivity contribution in [2.75, 3.05) is 14.2 Å². The van der Waals surface area contributed by atoms with Crippen LogP contribution in [-0.4, -0.2) is 32.4 Å². The number of ether oxygens (including phenoxy) is 2. The van der Waals surface area contributed by atoms with E-state index in [0.717, 1.165) is 12.1 Å². The van der Waals surface area contributed by atoms with Crippen LogP contribution in [0.1, 0.15) is 17.0 Å². The van der Waals surface area contributed by atoms with Gasteiger partial charge in [-0.05, 0) is 17.7 Å². The van der Waals surface area contributed by atoms with Gasteiger partial charge in [-0.15, -0.1) is 0 Å². The number of nitrogens with zero attached hydrogens (tertiary/aromatic N) is 1. The first-order valence-corrected chi connectivity index (χ1v) is 6.86. The van der Waals surface area contributed by atoms with Crippen LogP contribution >= 0.6 is 0 Å². The van der Waals surface area contributed by atoms with E-state index in [1.807, 2.05) is 0 Å². The Bertz CT molecular complexity index is 692. The summed E-state index contributed by atoms with van der Waals surface area (Å²) in [7, 11) is 2.34. The number of methoxy groups -OCH3 is 2. The van der Waals surface area contributed by atoms with E-state index in [0.29, 0.717) is 5.56 Å². The summed E-state index contributed by atoms with van der Waals surface area (Å²) in [6, 6.07) is 4.23. The normalized spacial score (nSPS) is 20.3. The monoisotopic (exact) mass is 341 g/mol. The molecule has 1 aromatic rings. The summed E-state index contributed by atoms with van der Waals surface area (Å²) >= 11 is 0. The quantitative estimate of drug-likeness (QED) is 0.793. The second kappa shape index (κ2) is 6.86. The van der Waals surface area contributed by atoms with Gasteiger partial charge in [-0.25, -0.2) is 4.79 Å². The molecule has 0 amide bonds. The van der Waals surface area contributed by atoms with Crippen LogP contribution in [0, 0.1) is 5.92 Å². The van der Waals surface area contributed by atoms with Crippen LogP contribution in [0.25, 0.3) is 0 Å². The van der Waals surface area contributed by atoms with Gasteiger partial charge in [0.05, 0.1) is 25.4 Å². The number of carbonyl (C=O) groups excluding carboxylic acids is 2. The van der Waals surface area contributed by atoms with E-state index in [1.165, 1.54) is 38.8 Å². The molecule has 0 N–H and O–H groups in total. The van der Waals surface area contributed by atoms with E-state index in [4.69, 9.17) is 4.74 Å². The molecule has 0 saturated heterocycles. The highest BCUT2D eigenvalue weighted by Gasteiger charge is 2.38. The molecule has 1 aromatic carbocycles. The number of hydrogen-bond acceptors (Lipinski definition) is 5. The molecule has 1 heterocycles. The van der Waals surface area contributed by atoms with Crippen LogP contribution in [-0.2, 0) is 25.2 Å². The first-order valence-electron chi connectivity index (χ1n) is 6.86. The number of carbonyl (C=O) groups is 2. The molecule has 0 aliphatic carbocycles. The van der Waals surface area contributed by atoms with Crippen molar-refractivity contribution in [2.45, 2.75) is 12.1 Å². The minimum absolute atomic E-state index is 0.0650. The van der Waals surface area contributed by atoms with E-state index < -0.39 is 35.5 Å². The molecule has 0 aromatic heterocycles. The van der Waals surface area contributed by atoms with Gasteiger partial charge in [0.2, 0.25) is 0 Å². The van der Waals surface area contributed by atoms with Gasteiger partial charge in [0.25, 0.3) is 0 Å². The highest BCUT2D eigenvalue weighted by molar-refractivity contribution is 5.99. The predicted molar refractivity (Wildman–Crippen MR) is 78.3 cm³/mol. The van der Waals surface area contributed by atoms with E-state index in [2.05, 4.69) is 9.73 Å². The molecule has 1 unspecified atom stereocenters. The molecule has 1 aliphatic rings. The molecule has 24 heavy (non-hydrogen) atoms. The zero-order valence-electron chi connectivity index (χ0n) is 12.8. The third-order valence-electron chi connectivity index (χ3n) is 3.65. The summed E-state index contributed by atoms with van der Waals surface area (Å²) in [4.78, 5) is 27.7. The molecule has 0 saturated carbocycles. The Morgan fingerprint density at radius 2 is 1.71 bits per heavy atom. The van der Waals surface area contributed by atoms with Crippen molar-refractivity contribution in [3.8, 4) is 0 Å². The van der Waals surface area contributed by atoms with Gasteiger partial charge < -0.3 is 9.47 Å². The van der Waals surface area contributed by atoms with Crippen molar-refractivity contribution in [2.24, 2.45) is 10.9 Å². The topological polar surface area (TPSA) is 65.0 Å². The minimum atomic E-state index is -4.48. The number of halogens is 3. The molecule has 1 aliphatic heterocycles. The van der Waals surface area contributed by atoms with Crippen molar-refractivity contribution in [1.82, 2.24) is 0 Å². The second-order valence-corrected chi connectivity index (χ2v) is 5.02. The summed E-state index contributed by atoms with van der Waals surface area (Å²) in [5.74, 6) is -3.15. The first-order chi connectivity index (χ1) is 11.3. The molecule has 2 rings (SSSR count). The van der Waals surface area contributed by atoms with Gasteiger partial charge in [0.15, 0.2) is 0 Å². The molecule has 2 atom stereocenters. The van der Waals surface area contributed by atoms with Crippen LogP contribution in [0.2, 0.25) is 0 Å². The first kappa shape index (κ1) is 17.7. The number of rotatable bonds is 3. The molecular formula is C16H14F3NO4. The molecule has 0 radical (unpaired) electrons. The fourth-order valence-electron chi connectivity index (χ4n) is 2.47. The van der Waals surface area contributed by atoms with Crippen LogP contribution in [0.3, 0.4) is 0 Å². The number of esters is 2. The highest BCUT2D eigenvalue weighted by atomic mass is 19.4. The zero-order valence-corrected chi connectivity index (χ0v) is 12.8. The van der Waals surface area contributed by atoms with Gasteiger partial charge in [-0.1, -0.05) is 12.1 Å². The van der Waals surface area contributed by atoms with Crippen molar-refractivity contribution in [1.29, 1.82) is 0 Å². The van der Waals surface area contributed by atoms with E-state index in [9.17, 15) is 22.8 Å². The molecule has 0 fully saturated rings. The van der Waals surface area contributed by atoms with E-state index in [-0.39, 0.29) is 5.57 Å². The second-order valence-electron chi connectivity index (χ2n) is 5.02.